The lowest BCUT2D eigenvalue weighted by Crippen LogP contribution is -2.46. The first-order chi connectivity index (χ1) is 6.75. The highest BCUT2D eigenvalue weighted by Crippen LogP contribution is 2.14. The average Bonchev–Trinajstić information content (AvgIpc) is 2.19. The van der Waals surface area contributed by atoms with Crippen molar-refractivity contribution in [1.29, 1.82) is 0 Å². The van der Waals surface area contributed by atoms with E-state index in [1.165, 1.54) is 12.1 Å². The van der Waals surface area contributed by atoms with E-state index in [0.717, 1.165) is 5.56 Å². The van der Waals surface area contributed by atoms with Crippen LogP contribution >= 0.6 is 0 Å². The molecule has 1 fully saturated rings. The molecule has 1 saturated heterocycles. The van der Waals surface area contributed by atoms with Gasteiger partial charge < -0.3 is 5.32 Å². The minimum Gasteiger partial charge on any atom is -0.353 e. The van der Waals surface area contributed by atoms with Crippen molar-refractivity contribution < 1.29 is 9.18 Å². The van der Waals surface area contributed by atoms with Crippen LogP contribution in [0.3, 0.4) is 0 Å². The van der Waals surface area contributed by atoms with Crippen LogP contribution in [0.2, 0.25) is 0 Å². The minimum absolute atomic E-state index is 0.0161. The lowest BCUT2D eigenvalue weighted by molar-refractivity contribution is -0.121. The smallest absolute Gasteiger partial charge is 0.234 e. The van der Waals surface area contributed by atoms with Gasteiger partial charge in [0.15, 0.2) is 0 Å². The number of hydrogen-bond acceptors (Lipinski definition) is 2. The molecule has 14 heavy (non-hydrogen) atoms. The summed E-state index contributed by atoms with van der Waals surface area (Å²) in [6, 6.07) is 6.42. The van der Waals surface area contributed by atoms with E-state index in [-0.39, 0.29) is 17.8 Å². The monoisotopic (exact) mass is 194 g/mol. The van der Waals surface area contributed by atoms with Crippen molar-refractivity contribution in [3.8, 4) is 0 Å². The first kappa shape index (κ1) is 9.15. The fourth-order valence-corrected chi connectivity index (χ4v) is 1.53. The quantitative estimate of drug-likeness (QED) is 0.686. The topological polar surface area (TPSA) is 41.1 Å². The minimum atomic E-state index is -0.249. The molecule has 1 heterocycles. The molecule has 1 aliphatic rings. The molecule has 0 saturated carbocycles. The fourth-order valence-electron chi connectivity index (χ4n) is 1.53. The summed E-state index contributed by atoms with van der Waals surface area (Å²) in [5.74, 6) is -0.265. The van der Waals surface area contributed by atoms with E-state index in [1.807, 2.05) is 6.07 Å². The van der Waals surface area contributed by atoms with E-state index in [2.05, 4.69) is 10.6 Å². The van der Waals surface area contributed by atoms with Crippen LogP contribution in [0.15, 0.2) is 24.3 Å². The normalized spacial score (nSPS) is 21.8. The Morgan fingerprint density at radius 3 is 2.93 bits per heavy atom. The lowest BCUT2D eigenvalue weighted by Gasteiger charge is -2.24. The van der Waals surface area contributed by atoms with Gasteiger partial charge in [0, 0.05) is 6.54 Å². The standard InChI is InChI=1S/C10H11FN2O/c11-8-3-1-2-7(4-8)9-5-13-10(14)6-12-9/h1-4,9,12H,5-6H2,(H,13,14). The third kappa shape index (κ3) is 1.90. The largest absolute Gasteiger partial charge is 0.353 e. The highest BCUT2D eigenvalue weighted by molar-refractivity contribution is 5.78. The molecule has 2 N–H and O–H groups in total. The predicted octanol–water partition coefficient (Wildman–Crippen LogP) is 0.586. The van der Waals surface area contributed by atoms with Crippen LogP contribution in [-0.4, -0.2) is 19.0 Å². The predicted molar refractivity (Wildman–Crippen MR) is 50.2 cm³/mol. The Balaban J connectivity index is 2.12. The van der Waals surface area contributed by atoms with Gasteiger partial charge in [-0.15, -0.1) is 0 Å². The van der Waals surface area contributed by atoms with E-state index >= 15 is 0 Å². The number of carbonyl (C=O) groups is 1. The zero-order valence-electron chi connectivity index (χ0n) is 7.59. The van der Waals surface area contributed by atoms with Gasteiger partial charge in [0.25, 0.3) is 0 Å². The maximum atomic E-state index is 12.9. The lowest BCUT2D eigenvalue weighted by atomic mass is 10.1. The summed E-state index contributed by atoms with van der Waals surface area (Å²) in [5.41, 5.74) is 0.866. The summed E-state index contributed by atoms with van der Waals surface area (Å²) in [6.07, 6.45) is 0. The summed E-state index contributed by atoms with van der Waals surface area (Å²) in [7, 11) is 0. The molecule has 1 aromatic carbocycles. The maximum Gasteiger partial charge on any atom is 0.234 e. The number of carbonyl (C=O) groups excluding carboxylic acids is 1. The van der Waals surface area contributed by atoms with Crippen LogP contribution in [0.4, 0.5) is 4.39 Å². The molecular formula is C10H11FN2O. The van der Waals surface area contributed by atoms with Crippen LogP contribution in [0.25, 0.3) is 0 Å². The Morgan fingerprint density at radius 2 is 2.29 bits per heavy atom. The van der Waals surface area contributed by atoms with E-state index in [4.69, 9.17) is 0 Å². The molecule has 74 valence electrons. The Hall–Kier alpha value is -1.42. The van der Waals surface area contributed by atoms with Crippen LogP contribution in [0, 0.1) is 5.82 Å². The van der Waals surface area contributed by atoms with Gasteiger partial charge >= 0.3 is 0 Å². The zero-order valence-corrected chi connectivity index (χ0v) is 7.59. The van der Waals surface area contributed by atoms with Crippen molar-refractivity contribution in [3.05, 3.63) is 35.6 Å². The average molecular weight is 194 g/mol. The highest BCUT2D eigenvalue weighted by Gasteiger charge is 2.18. The molecule has 2 rings (SSSR count). The van der Waals surface area contributed by atoms with Crippen molar-refractivity contribution in [3.63, 3.8) is 0 Å². The van der Waals surface area contributed by atoms with Crippen molar-refractivity contribution in [2.45, 2.75) is 6.04 Å². The van der Waals surface area contributed by atoms with Crippen LogP contribution in [-0.2, 0) is 4.79 Å². The molecule has 0 aromatic heterocycles. The second-order valence-electron chi connectivity index (χ2n) is 3.29. The molecule has 4 heteroatoms. The van der Waals surface area contributed by atoms with Crippen molar-refractivity contribution in [2.24, 2.45) is 0 Å². The van der Waals surface area contributed by atoms with Crippen LogP contribution < -0.4 is 10.6 Å². The van der Waals surface area contributed by atoms with Gasteiger partial charge in [-0.1, -0.05) is 12.1 Å². The van der Waals surface area contributed by atoms with Crippen LogP contribution in [0.5, 0.6) is 0 Å². The number of nitrogens with one attached hydrogen (secondary N) is 2. The molecule has 0 radical (unpaired) electrons. The molecule has 1 amide bonds. The van der Waals surface area contributed by atoms with Gasteiger partial charge in [-0.25, -0.2) is 4.39 Å². The number of amides is 1. The number of piperazine rings is 1. The Bertz CT molecular complexity index is 344. The van der Waals surface area contributed by atoms with Crippen molar-refractivity contribution in [2.75, 3.05) is 13.1 Å². The Morgan fingerprint density at radius 1 is 1.43 bits per heavy atom. The molecule has 1 unspecified atom stereocenters. The summed E-state index contributed by atoms with van der Waals surface area (Å²) in [5, 5.41) is 5.76. The maximum absolute atomic E-state index is 12.9. The molecule has 1 atom stereocenters. The number of halogens is 1. The Labute approximate surface area is 81.3 Å². The van der Waals surface area contributed by atoms with Crippen molar-refractivity contribution in [1.82, 2.24) is 10.6 Å². The molecule has 1 aliphatic heterocycles. The van der Waals surface area contributed by atoms with Gasteiger partial charge in [0.2, 0.25) is 5.91 Å². The fraction of sp³-hybridized carbons (Fsp3) is 0.300. The van der Waals surface area contributed by atoms with Gasteiger partial charge in [-0.3, -0.25) is 10.1 Å². The van der Waals surface area contributed by atoms with Gasteiger partial charge in [0.1, 0.15) is 5.82 Å². The number of rotatable bonds is 1. The van der Waals surface area contributed by atoms with E-state index in [1.54, 1.807) is 6.07 Å². The van der Waals surface area contributed by atoms with Gasteiger partial charge in [-0.2, -0.15) is 0 Å². The second-order valence-corrected chi connectivity index (χ2v) is 3.29. The number of benzene rings is 1. The first-order valence-corrected chi connectivity index (χ1v) is 4.51. The SMILES string of the molecule is O=C1CNC(c2cccc(F)c2)CN1. The van der Waals surface area contributed by atoms with E-state index in [0.29, 0.717) is 13.1 Å². The summed E-state index contributed by atoms with van der Waals surface area (Å²) >= 11 is 0. The second kappa shape index (κ2) is 3.75. The van der Waals surface area contributed by atoms with E-state index in [9.17, 15) is 9.18 Å². The molecular weight excluding hydrogens is 183 g/mol. The molecule has 0 spiro atoms. The van der Waals surface area contributed by atoms with Crippen molar-refractivity contribution >= 4 is 5.91 Å². The Kier molecular flexibility index (Phi) is 2.45. The van der Waals surface area contributed by atoms with E-state index < -0.39 is 0 Å². The number of hydrogen-bond donors (Lipinski definition) is 2. The summed E-state index contributed by atoms with van der Waals surface area (Å²) in [6.45, 7) is 0.809. The molecule has 0 aliphatic carbocycles. The van der Waals surface area contributed by atoms with Gasteiger partial charge in [-0.05, 0) is 17.7 Å². The summed E-state index contributed by atoms with van der Waals surface area (Å²) < 4.78 is 12.9. The molecule has 3 nitrogen and oxygen atoms in total. The summed E-state index contributed by atoms with van der Waals surface area (Å²) in [4.78, 5) is 10.9. The first-order valence-electron chi connectivity index (χ1n) is 4.51. The highest BCUT2D eigenvalue weighted by atomic mass is 19.1. The molecule has 0 bridgehead atoms. The van der Waals surface area contributed by atoms with Crippen LogP contribution in [0.1, 0.15) is 11.6 Å². The third-order valence-corrected chi connectivity index (χ3v) is 2.26. The molecule has 1 aromatic rings. The zero-order chi connectivity index (χ0) is 9.97. The van der Waals surface area contributed by atoms with Gasteiger partial charge in [0.05, 0.1) is 12.6 Å². The third-order valence-electron chi connectivity index (χ3n) is 2.26.